The summed E-state index contributed by atoms with van der Waals surface area (Å²) in [5.74, 6) is 0.0416. The third kappa shape index (κ3) is 1.98. The maximum atomic E-state index is 13.7. The second-order valence-electron chi connectivity index (χ2n) is 5.30. The monoisotopic (exact) mass is 301 g/mol. The Balaban J connectivity index is 2.08. The highest BCUT2D eigenvalue weighted by molar-refractivity contribution is 6.35. The molecule has 0 amide bonds. The summed E-state index contributed by atoms with van der Waals surface area (Å²) < 4.78 is 13.7. The molecule has 3 rings (SSSR count). The van der Waals surface area contributed by atoms with Crippen molar-refractivity contribution in [3.63, 3.8) is 0 Å². The first kappa shape index (κ1) is 13.0. The average molecular weight is 302 g/mol. The van der Waals surface area contributed by atoms with Crippen LogP contribution < -0.4 is 5.73 Å². The van der Waals surface area contributed by atoms with Crippen molar-refractivity contribution in [2.24, 2.45) is 10.7 Å². The molecular weight excluding hydrogens is 288 g/mol. The first-order valence-electron chi connectivity index (χ1n) is 6.18. The van der Waals surface area contributed by atoms with Gasteiger partial charge < -0.3 is 10.6 Å². The van der Waals surface area contributed by atoms with E-state index in [0.717, 1.165) is 12.8 Å². The molecule has 2 N–H and O–H groups in total. The molecule has 6 heteroatoms. The minimum absolute atomic E-state index is 0.0298. The molecule has 0 saturated heterocycles. The van der Waals surface area contributed by atoms with Gasteiger partial charge in [-0.25, -0.2) is 4.39 Å². The third-order valence-electron chi connectivity index (χ3n) is 3.83. The molecule has 0 radical (unpaired) electrons. The SMILES string of the molecule is CC1(c2cc(F)c(Cl)cc2Cl)CN=C(N)N1C1CC1. The van der Waals surface area contributed by atoms with Crippen LogP contribution in [0.15, 0.2) is 17.1 Å². The molecule has 1 aliphatic carbocycles. The van der Waals surface area contributed by atoms with Crippen molar-refractivity contribution in [3.05, 3.63) is 33.6 Å². The second kappa shape index (κ2) is 4.25. The van der Waals surface area contributed by atoms with Crippen LogP contribution in [0.3, 0.4) is 0 Å². The summed E-state index contributed by atoms with van der Waals surface area (Å²) in [5.41, 5.74) is 6.16. The predicted octanol–water partition coefficient (Wildman–Crippen LogP) is 3.14. The minimum atomic E-state index is -0.492. The van der Waals surface area contributed by atoms with E-state index in [9.17, 15) is 4.39 Å². The van der Waals surface area contributed by atoms with Crippen molar-refractivity contribution in [1.82, 2.24) is 4.90 Å². The van der Waals surface area contributed by atoms with Gasteiger partial charge in [0.1, 0.15) is 5.82 Å². The Morgan fingerprint density at radius 3 is 2.68 bits per heavy atom. The Morgan fingerprint density at radius 2 is 2.05 bits per heavy atom. The highest BCUT2D eigenvalue weighted by Crippen LogP contribution is 2.44. The molecule has 19 heavy (non-hydrogen) atoms. The average Bonchev–Trinajstić information content (AvgIpc) is 3.11. The van der Waals surface area contributed by atoms with Gasteiger partial charge in [-0.05, 0) is 31.9 Å². The van der Waals surface area contributed by atoms with E-state index in [1.807, 2.05) is 6.92 Å². The third-order valence-corrected chi connectivity index (χ3v) is 4.43. The van der Waals surface area contributed by atoms with Crippen molar-refractivity contribution < 1.29 is 4.39 Å². The number of aliphatic imine (C=N–C) groups is 1. The number of guanidine groups is 1. The quantitative estimate of drug-likeness (QED) is 0.853. The van der Waals surface area contributed by atoms with Gasteiger partial charge in [0.25, 0.3) is 0 Å². The number of benzene rings is 1. The Hall–Kier alpha value is -1.00. The van der Waals surface area contributed by atoms with Gasteiger partial charge in [-0.15, -0.1) is 0 Å². The lowest BCUT2D eigenvalue weighted by molar-refractivity contribution is 0.216. The van der Waals surface area contributed by atoms with Gasteiger partial charge in [0, 0.05) is 16.6 Å². The van der Waals surface area contributed by atoms with E-state index >= 15 is 0 Å². The summed E-state index contributed by atoms with van der Waals surface area (Å²) in [6.07, 6.45) is 2.17. The highest BCUT2D eigenvalue weighted by atomic mass is 35.5. The van der Waals surface area contributed by atoms with E-state index in [1.54, 1.807) is 0 Å². The topological polar surface area (TPSA) is 41.6 Å². The van der Waals surface area contributed by atoms with Crippen molar-refractivity contribution in [3.8, 4) is 0 Å². The van der Waals surface area contributed by atoms with Gasteiger partial charge in [-0.3, -0.25) is 4.99 Å². The lowest BCUT2D eigenvalue weighted by Gasteiger charge is -2.37. The van der Waals surface area contributed by atoms with Crippen molar-refractivity contribution in [1.29, 1.82) is 0 Å². The molecular formula is C13H14Cl2FN3. The number of halogens is 3. The van der Waals surface area contributed by atoms with E-state index in [4.69, 9.17) is 28.9 Å². The summed E-state index contributed by atoms with van der Waals surface area (Å²) in [4.78, 5) is 6.36. The van der Waals surface area contributed by atoms with Gasteiger partial charge >= 0.3 is 0 Å². The Morgan fingerprint density at radius 1 is 1.37 bits per heavy atom. The van der Waals surface area contributed by atoms with E-state index in [2.05, 4.69) is 9.89 Å². The largest absolute Gasteiger partial charge is 0.370 e. The summed E-state index contributed by atoms with van der Waals surface area (Å²) in [7, 11) is 0. The van der Waals surface area contributed by atoms with Crippen LogP contribution in [0.25, 0.3) is 0 Å². The van der Waals surface area contributed by atoms with Gasteiger partial charge in [0.2, 0.25) is 0 Å². The zero-order chi connectivity index (χ0) is 13.8. The molecule has 3 nitrogen and oxygen atoms in total. The van der Waals surface area contributed by atoms with E-state index in [0.29, 0.717) is 29.1 Å². The normalized spacial score (nSPS) is 26.7. The summed E-state index contributed by atoms with van der Waals surface area (Å²) >= 11 is 12.0. The van der Waals surface area contributed by atoms with Crippen molar-refractivity contribution in [2.75, 3.05) is 6.54 Å². The van der Waals surface area contributed by atoms with Crippen LogP contribution in [0.5, 0.6) is 0 Å². The second-order valence-corrected chi connectivity index (χ2v) is 6.11. The zero-order valence-electron chi connectivity index (χ0n) is 10.5. The van der Waals surface area contributed by atoms with E-state index in [-0.39, 0.29) is 5.02 Å². The van der Waals surface area contributed by atoms with Gasteiger partial charge in [0.15, 0.2) is 5.96 Å². The van der Waals surface area contributed by atoms with Crippen LogP contribution in [0.2, 0.25) is 10.0 Å². The molecule has 2 aliphatic rings. The molecule has 1 unspecified atom stereocenters. The van der Waals surface area contributed by atoms with Crippen LogP contribution in [0.1, 0.15) is 25.3 Å². The van der Waals surface area contributed by atoms with E-state index in [1.165, 1.54) is 12.1 Å². The van der Waals surface area contributed by atoms with Gasteiger partial charge in [0.05, 0.1) is 17.1 Å². The summed E-state index contributed by atoms with van der Waals surface area (Å²) in [6, 6.07) is 3.22. The van der Waals surface area contributed by atoms with E-state index < -0.39 is 11.4 Å². The predicted molar refractivity (Wildman–Crippen MR) is 75.1 cm³/mol. The molecule has 1 saturated carbocycles. The van der Waals surface area contributed by atoms with Crippen LogP contribution >= 0.6 is 23.2 Å². The van der Waals surface area contributed by atoms with Crippen LogP contribution in [-0.2, 0) is 5.54 Å². The Kier molecular flexibility index (Phi) is 2.91. The van der Waals surface area contributed by atoms with Crippen LogP contribution in [0, 0.1) is 5.82 Å². The standard InChI is InChI=1S/C13H14Cl2FN3/c1-13(6-18-12(17)19(13)7-2-3-7)8-4-11(16)10(15)5-9(8)14/h4-5,7H,2-3,6H2,1H3,(H2,17,18). The fourth-order valence-electron chi connectivity index (χ4n) is 2.71. The number of hydrogen-bond acceptors (Lipinski definition) is 3. The number of nitrogens with zero attached hydrogens (tertiary/aromatic N) is 2. The molecule has 1 heterocycles. The van der Waals surface area contributed by atoms with Crippen LogP contribution in [0.4, 0.5) is 4.39 Å². The smallest absolute Gasteiger partial charge is 0.192 e. The Labute approximate surface area is 121 Å². The molecule has 0 aromatic heterocycles. The fourth-order valence-corrected chi connectivity index (χ4v) is 3.30. The molecule has 0 spiro atoms. The maximum absolute atomic E-state index is 13.7. The van der Waals surface area contributed by atoms with Crippen LogP contribution in [-0.4, -0.2) is 23.4 Å². The zero-order valence-corrected chi connectivity index (χ0v) is 12.0. The first-order valence-corrected chi connectivity index (χ1v) is 6.93. The minimum Gasteiger partial charge on any atom is -0.370 e. The molecule has 1 aromatic rings. The lowest BCUT2D eigenvalue weighted by atomic mass is 9.90. The van der Waals surface area contributed by atoms with Crippen molar-refractivity contribution in [2.45, 2.75) is 31.3 Å². The number of hydrogen-bond donors (Lipinski definition) is 1. The first-order chi connectivity index (χ1) is 8.93. The number of rotatable bonds is 2. The Bertz CT molecular complexity index is 571. The summed E-state index contributed by atoms with van der Waals surface area (Å²) in [6.45, 7) is 2.47. The van der Waals surface area contributed by atoms with Crippen molar-refractivity contribution >= 4 is 29.2 Å². The fraction of sp³-hybridized carbons (Fsp3) is 0.462. The number of nitrogens with two attached hydrogens (primary N) is 1. The molecule has 1 atom stereocenters. The molecule has 1 fully saturated rings. The molecule has 0 bridgehead atoms. The summed E-state index contributed by atoms with van der Waals surface area (Å²) in [5, 5.41) is 0.478. The maximum Gasteiger partial charge on any atom is 0.192 e. The molecule has 1 aliphatic heterocycles. The lowest BCUT2D eigenvalue weighted by Crippen LogP contribution is -2.48. The molecule has 1 aromatic carbocycles. The van der Waals surface area contributed by atoms with Gasteiger partial charge in [-0.2, -0.15) is 0 Å². The van der Waals surface area contributed by atoms with Gasteiger partial charge in [-0.1, -0.05) is 23.2 Å². The highest BCUT2D eigenvalue weighted by Gasteiger charge is 2.47. The molecule has 102 valence electrons.